The van der Waals surface area contributed by atoms with Crippen LogP contribution in [-0.2, 0) is 10.2 Å². The van der Waals surface area contributed by atoms with E-state index < -0.39 is 0 Å². The second-order valence-corrected chi connectivity index (χ2v) is 5.68. The van der Waals surface area contributed by atoms with E-state index >= 15 is 0 Å². The van der Waals surface area contributed by atoms with Gasteiger partial charge < -0.3 is 9.47 Å². The van der Waals surface area contributed by atoms with E-state index in [1.54, 1.807) is 0 Å². The highest BCUT2D eigenvalue weighted by molar-refractivity contribution is 5.33. The second-order valence-electron chi connectivity index (χ2n) is 5.68. The molecule has 100 valence electrons. The van der Waals surface area contributed by atoms with Gasteiger partial charge in [0.05, 0.1) is 6.61 Å². The Balaban J connectivity index is 2.07. The molecule has 1 aliphatic rings. The molecule has 1 aromatic rings. The molecule has 1 atom stereocenters. The van der Waals surface area contributed by atoms with Gasteiger partial charge in [-0.25, -0.2) is 0 Å². The second kappa shape index (κ2) is 5.75. The number of rotatable bonds is 4. The molecule has 2 nitrogen and oxygen atoms in total. The van der Waals surface area contributed by atoms with Crippen molar-refractivity contribution in [1.82, 2.24) is 0 Å². The largest absolute Gasteiger partial charge is 0.465 e. The molecular formula is C16H24O2. The minimum absolute atomic E-state index is 0.0567. The molecule has 0 amide bonds. The fraction of sp³-hybridized carbons (Fsp3) is 0.625. The third kappa shape index (κ3) is 3.26. The van der Waals surface area contributed by atoms with E-state index in [4.69, 9.17) is 9.47 Å². The van der Waals surface area contributed by atoms with Crippen LogP contribution in [0, 0.1) is 0 Å². The van der Waals surface area contributed by atoms with Crippen LogP contribution < -0.4 is 4.74 Å². The van der Waals surface area contributed by atoms with Gasteiger partial charge >= 0.3 is 0 Å². The van der Waals surface area contributed by atoms with Crippen LogP contribution in [0.15, 0.2) is 24.3 Å². The van der Waals surface area contributed by atoms with Crippen molar-refractivity contribution >= 4 is 0 Å². The molecule has 1 aromatic carbocycles. The zero-order valence-electron chi connectivity index (χ0n) is 11.7. The summed E-state index contributed by atoms with van der Waals surface area (Å²) < 4.78 is 11.5. The Morgan fingerprint density at radius 2 is 2.17 bits per heavy atom. The Kier molecular flexibility index (Phi) is 4.28. The molecule has 1 unspecified atom stereocenters. The molecular weight excluding hydrogens is 224 g/mol. The number of benzene rings is 1. The van der Waals surface area contributed by atoms with Crippen molar-refractivity contribution in [2.24, 2.45) is 0 Å². The van der Waals surface area contributed by atoms with Crippen LogP contribution in [0.4, 0.5) is 0 Å². The third-order valence-corrected chi connectivity index (χ3v) is 3.90. The van der Waals surface area contributed by atoms with Gasteiger partial charge in [0.15, 0.2) is 6.29 Å². The van der Waals surface area contributed by atoms with Crippen LogP contribution in [0.1, 0.15) is 52.0 Å². The van der Waals surface area contributed by atoms with Gasteiger partial charge in [-0.1, -0.05) is 32.9 Å². The Labute approximate surface area is 110 Å². The van der Waals surface area contributed by atoms with Gasteiger partial charge in [-0.05, 0) is 42.4 Å². The van der Waals surface area contributed by atoms with Crippen molar-refractivity contribution < 1.29 is 9.47 Å². The zero-order valence-corrected chi connectivity index (χ0v) is 11.7. The first-order chi connectivity index (χ1) is 8.62. The van der Waals surface area contributed by atoms with E-state index in [1.165, 1.54) is 12.0 Å². The predicted molar refractivity (Wildman–Crippen MR) is 74.0 cm³/mol. The minimum Gasteiger partial charge on any atom is -0.465 e. The molecule has 2 heteroatoms. The first-order valence-electron chi connectivity index (χ1n) is 7.00. The van der Waals surface area contributed by atoms with Gasteiger partial charge in [-0.3, -0.25) is 0 Å². The number of ether oxygens (including phenoxy) is 2. The Hall–Kier alpha value is -1.02. The summed E-state index contributed by atoms with van der Waals surface area (Å²) in [4.78, 5) is 0. The number of hydrogen-bond donors (Lipinski definition) is 0. The summed E-state index contributed by atoms with van der Waals surface area (Å²) in [7, 11) is 0. The summed E-state index contributed by atoms with van der Waals surface area (Å²) in [6, 6.07) is 8.43. The first-order valence-corrected chi connectivity index (χ1v) is 7.00. The normalized spacial score (nSPS) is 20.7. The molecule has 0 spiro atoms. The quantitative estimate of drug-likeness (QED) is 0.791. The maximum atomic E-state index is 5.91. The molecule has 18 heavy (non-hydrogen) atoms. The molecule has 0 radical (unpaired) electrons. The molecule has 1 fully saturated rings. The highest BCUT2D eigenvalue weighted by Gasteiger charge is 2.20. The molecule has 0 N–H and O–H groups in total. The van der Waals surface area contributed by atoms with Crippen molar-refractivity contribution in [3.8, 4) is 5.75 Å². The summed E-state index contributed by atoms with van der Waals surface area (Å²) in [5.74, 6) is 0.931. The SMILES string of the molecule is CCC(C)(C)c1cccc(OC2CCCCO2)c1. The summed E-state index contributed by atoms with van der Waals surface area (Å²) in [5, 5.41) is 0. The standard InChI is InChI=1S/C16H24O2/c1-4-16(2,3)13-8-7-9-14(12-13)18-15-10-5-6-11-17-15/h7-9,12,15H,4-6,10-11H2,1-3H3. The zero-order chi connectivity index (χ0) is 13.0. The van der Waals surface area contributed by atoms with E-state index in [0.717, 1.165) is 31.6 Å². The van der Waals surface area contributed by atoms with Crippen LogP contribution in [0.25, 0.3) is 0 Å². The summed E-state index contributed by atoms with van der Waals surface area (Å²) in [6.45, 7) is 7.58. The molecule has 1 saturated heterocycles. The molecule has 2 rings (SSSR count). The van der Waals surface area contributed by atoms with Crippen molar-refractivity contribution in [2.75, 3.05) is 6.61 Å². The lowest BCUT2D eigenvalue weighted by Crippen LogP contribution is -2.25. The maximum Gasteiger partial charge on any atom is 0.199 e. The molecule has 1 aliphatic heterocycles. The van der Waals surface area contributed by atoms with Crippen LogP contribution in [-0.4, -0.2) is 12.9 Å². The van der Waals surface area contributed by atoms with Gasteiger partial charge in [0, 0.05) is 6.42 Å². The number of hydrogen-bond acceptors (Lipinski definition) is 2. The Morgan fingerprint density at radius 3 is 2.83 bits per heavy atom. The van der Waals surface area contributed by atoms with Gasteiger partial charge in [0.2, 0.25) is 0 Å². The van der Waals surface area contributed by atoms with E-state index in [0.29, 0.717) is 0 Å². The monoisotopic (exact) mass is 248 g/mol. The lowest BCUT2D eigenvalue weighted by Gasteiger charge is -2.26. The lowest BCUT2D eigenvalue weighted by atomic mass is 9.82. The Bertz CT molecular complexity index is 378. The summed E-state index contributed by atoms with van der Waals surface area (Å²) in [6.07, 6.45) is 4.42. The first kappa shape index (κ1) is 13.4. The van der Waals surface area contributed by atoms with Crippen molar-refractivity contribution in [3.63, 3.8) is 0 Å². The van der Waals surface area contributed by atoms with Gasteiger partial charge in [-0.15, -0.1) is 0 Å². The highest BCUT2D eigenvalue weighted by Crippen LogP contribution is 2.30. The van der Waals surface area contributed by atoms with E-state index in [2.05, 4.69) is 39.0 Å². The molecule has 0 saturated carbocycles. The molecule has 0 aromatic heterocycles. The Morgan fingerprint density at radius 1 is 1.33 bits per heavy atom. The van der Waals surface area contributed by atoms with E-state index in [1.807, 2.05) is 6.07 Å². The molecule has 1 heterocycles. The molecule has 0 bridgehead atoms. The predicted octanol–water partition coefficient (Wildman–Crippen LogP) is 4.28. The van der Waals surface area contributed by atoms with E-state index in [-0.39, 0.29) is 11.7 Å². The van der Waals surface area contributed by atoms with Crippen LogP contribution in [0.3, 0.4) is 0 Å². The lowest BCUT2D eigenvalue weighted by molar-refractivity contribution is -0.105. The van der Waals surface area contributed by atoms with Crippen LogP contribution in [0.2, 0.25) is 0 Å². The summed E-state index contributed by atoms with van der Waals surface area (Å²) >= 11 is 0. The van der Waals surface area contributed by atoms with Gasteiger partial charge in [0.25, 0.3) is 0 Å². The highest BCUT2D eigenvalue weighted by atomic mass is 16.7. The fourth-order valence-corrected chi connectivity index (χ4v) is 2.15. The van der Waals surface area contributed by atoms with Crippen LogP contribution in [0.5, 0.6) is 5.75 Å². The minimum atomic E-state index is -0.0567. The van der Waals surface area contributed by atoms with Crippen molar-refractivity contribution in [2.45, 2.75) is 58.2 Å². The maximum absolute atomic E-state index is 5.91. The van der Waals surface area contributed by atoms with Crippen LogP contribution >= 0.6 is 0 Å². The smallest absolute Gasteiger partial charge is 0.199 e. The van der Waals surface area contributed by atoms with Crippen molar-refractivity contribution in [3.05, 3.63) is 29.8 Å². The average molecular weight is 248 g/mol. The van der Waals surface area contributed by atoms with Crippen molar-refractivity contribution in [1.29, 1.82) is 0 Å². The average Bonchev–Trinajstić information content (AvgIpc) is 2.40. The van der Waals surface area contributed by atoms with Gasteiger partial charge in [0.1, 0.15) is 5.75 Å². The molecule has 0 aliphatic carbocycles. The fourth-order valence-electron chi connectivity index (χ4n) is 2.15. The van der Waals surface area contributed by atoms with Gasteiger partial charge in [-0.2, -0.15) is 0 Å². The van der Waals surface area contributed by atoms with E-state index in [9.17, 15) is 0 Å². The summed E-state index contributed by atoms with van der Waals surface area (Å²) in [5.41, 5.74) is 1.53. The topological polar surface area (TPSA) is 18.5 Å². The third-order valence-electron chi connectivity index (χ3n) is 3.90.